The molecule has 0 saturated heterocycles. The molecule has 0 aromatic heterocycles. The highest BCUT2D eigenvalue weighted by atomic mass is 16.6. The van der Waals surface area contributed by atoms with E-state index in [9.17, 15) is 14.4 Å². The predicted molar refractivity (Wildman–Crippen MR) is 155 cm³/mol. The highest BCUT2D eigenvalue weighted by Crippen LogP contribution is 2.37. The van der Waals surface area contributed by atoms with Crippen LogP contribution in [0, 0.1) is 6.92 Å². The summed E-state index contributed by atoms with van der Waals surface area (Å²) < 4.78 is 16.5. The number of hydrogen-bond donors (Lipinski definition) is 0. The van der Waals surface area contributed by atoms with Gasteiger partial charge >= 0.3 is 17.9 Å². The van der Waals surface area contributed by atoms with Gasteiger partial charge in [0.15, 0.2) is 0 Å². The average Bonchev–Trinajstić information content (AvgIpc) is 3.30. The average molecular weight is 537 g/mol. The maximum absolute atomic E-state index is 12.4. The Morgan fingerprint density at radius 2 is 1.25 bits per heavy atom. The lowest BCUT2D eigenvalue weighted by Gasteiger charge is -2.15. The maximum Gasteiger partial charge on any atom is 0.338 e. The standard InChI is InChI=1S/C34H32O6/c1-19(2)32(35)38-27-11-13-30(31(18-27)40-34(37)21(5)6)24-10-12-29(22(7)14-24)25-9-8-23-16-28(17-26(23)15-25)39-33(36)20(3)4/h8-15,18,28H,1,3,5,16-17H2,2,4,6-7H3. The SMILES string of the molecule is C=C(C)C(=O)Oc1ccc(-c2ccc(-c3ccc4c(c3)CC(OC(=O)C(=C)C)C4)c(C)c2)c(OC(=O)C(=C)C)c1. The van der Waals surface area contributed by atoms with Crippen molar-refractivity contribution in [2.45, 2.75) is 46.6 Å². The number of rotatable bonds is 8. The van der Waals surface area contributed by atoms with Gasteiger partial charge in [-0.2, -0.15) is 0 Å². The molecule has 1 aliphatic rings. The van der Waals surface area contributed by atoms with E-state index in [2.05, 4.69) is 37.9 Å². The van der Waals surface area contributed by atoms with Crippen molar-refractivity contribution in [3.8, 4) is 33.8 Å². The Morgan fingerprint density at radius 3 is 1.90 bits per heavy atom. The lowest BCUT2D eigenvalue weighted by atomic mass is 9.93. The van der Waals surface area contributed by atoms with Gasteiger partial charge in [-0.1, -0.05) is 56.1 Å². The summed E-state index contributed by atoms with van der Waals surface area (Å²) >= 11 is 0. The number of esters is 3. The molecule has 3 aromatic rings. The number of benzene rings is 3. The van der Waals surface area contributed by atoms with Gasteiger partial charge in [0, 0.05) is 41.2 Å². The van der Waals surface area contributed by atoms with Crippen molar-refractivity contribution >= 4 is 17.9 Å². The second-order valence-corrected chi connectivity index (χ2v) is 10.2. The molecule has 0 aliphatic heterocycles. The molecule has 0 heterocycles. The molecule has 0 N–H and O–H groups in total. The molecule has 1 atom stereocenters. The molecule has 0 radical (unpaired) electrons. The van der Waals surface area contributed by atoms with E-state index in [1.807, 2.05) is 25.1 Å². The zero-order valence-electron chi connectivity index (χ0n) is 23.3. The van der Waals surface area contributed by atoms with Crippen molar-refractivity contribution in [2.24, 2.45) is 0 Å². The molecule has 1 unspecified atom stereocenters. The molecule has 1 aliphatic carbocycles. The van der Waals surface area contributed by atoms with E-state index in [-0.39, 0.29) is 34.7 Å². The van der Waals surface area contributed by atoms with Crippen LogP contribution in [0.3, 0.4) is 0 Å². The van der Waals surface area contributed by atoms with Gasteiger partial charge in [0.05, 0.1) is 0 Å². The first kappa shape index (κ1) is 28.3. The van der Waals surface area contributed by atoms with Gasteiger partial charge in [-0.05, 0) is 73.2 Å². The second-order valence-electron chi connectivity index (χ2n) is 10.2. The van der Waals surface area contributed by atoms with Crippen LogP contribution in [0.2, 0.25) is 0 Å². The number of aryl methyl sites for hydroxylation is 1. The summed E-state index contributed by atoms with van der Waals surface area (Å²) in [6, 6.07) is 17.2. The maximum atomic E-state index is 12.4. The Hall–Kier alpha value is -4.71. The van der Waals surface area contributed by atoms with Crippen molar-refractivity contribution in [1.29, 1.82) is 0 Å². The third-order valence-corrected chi connectivity index (χ3v) is 6.64. The van der Waals surface area contributed by atoms with Crippen LogP contribution in [-0.2, 0) is 32.0 Å². The van der Waals surface area contributed by atoms with Crippen LogP contribution >= 0.6 is 0 Å². The first-order chi connectivity index (χ1) is 18.9. The molecule has 40 heavy (non-hydrogen) atoms. The first-order valence-corrected chi connectivity index (χ1v) is 12.9. The van der Waals surface area contributed by atoms with E-state index < -0.39 is 11.9 Å². The first-order valence-electron chi connectivity index (χ1n) is 12.9. The van der Waals surface area contributed by atoms with E-state index in [1.54, 1.807) is 32.9 Å². The van der Waals surface area contributed by atoms with Crippen LogP contribution in [0.5, 0.6) is 11.5 Å². The Kier molecular flexibility index (Phi) is 8.19. The fourth-order valence-electron chi connectivity index (χ4n) is 4.51. The van der Waals surface area contributed by atoms with Gasteiger partial charge in [-0.25, -0.2) is 14.4 Å². The van der Waals surface area contributed by atoms with Crippen LogP contribution < -0.4 is 9.47 Å². The molecule has 6 nitrogen and oxygen atoms in total. The monoisotopic (exact) mass is 536 g/mol. The van der Waals surface area contributed by atoms with Gasteiger partial charge < -0.3 is 14.2 Å². The number of fused-ring (bicyclic) bond motifs is 1. The summed E-state index contributed by atoms with van der Waals surface area (Å²) in [4.78, 5) is 36.4. The Labute approximate surface area is 234 Å². The summed E-state index contributed by atoms with van der Waals surface area (Å²) in [5.41, 5.74) is 7.87. The van der Waals surface area contributed by atoms with Gasteiger partial charge in [-0.15, -0.1) is 0 Å². The van der Waals surface area contributed by atoms with Gasteiger partial charge in [0.25, 0.3) is 0 Å². The van der Waals surface area contributed by atoms with Crippen LogP contribution in [0.15, 0.2) is 91.1 Å². The third-order valence-electron chi connectivity index (χ3n) is 6.64. The van der Waals surface area contributed by atoms with Gasteiger partial charge in [-0.3, -0.25) is 0 Å². The van der Waals surface area contributed by atoms with E-state index in [4.69, 9.17) is 14.2 Å². The zero-order chi connectivity index (χ0) is 29.1. The molecule has 0 bridgehead atoms. The predicted octanol–water partition coefficient (Wildman–Crippen LogP) is 6.88. The Morgan fingerprint density at radius 1 is 0.675 bits per heavy atom. The van der Waals surface area contributed by atoms with Crippen molar-refractivity contribution < 1.29 is 28.6 Å². The second kappa shape index (κ2) is 11.6. The van der Waals surface area contributed by atoms with Gasteiger partial charge in [0.2, 0.25) is 0 Å². The fourth-order valence-corrected chi connectivity index (χ4v) is 4.51. The molecule has 3 aromatic carbocycles. The molecule has 4 rings (SSSR count). The molecule has 0 saturated carbocycles. The summed E-state index contributed by atoms with van der Waals surface area (Å²) in [5.74, 6) is -1.03. The lowest BCUT2D eigenvalue weighted by Crippen LogP contribution is -2.18. The van der Waals surface area contributed by atoms with Crippen molar-refractivity contribution in [3.63, 3.8) is 0 Å². The van der Waals surface area contributed by atoms with Crippen LogP contribution in [-0.4, -0.2) is 24.0 Å². The zero-order valence-corrected chi connectivity index (χ0v) is 23.3. The van der Waals surface area contributed by atoms with E-state index in [0.29, 0.717) is 24.0 Å². The van der Waals surface area contributed by atoms with Crippen molar-refractivity contribution in [1.82, 2.24) is 0 Å². The fraction of sp³-hybridized carbons (Fsp3) is 0.206. The summed E-state index contributed by atoms with van der Waals surface area (Å²) in [6.07, 6.45) is 1.17. The van der Waals surface area contributed by atoms with Crippen molar-refractivity contribution in [2.75, 3.05) is 0 Å². The van der Waals surface area contributed by atoms with Crippen LogP contribution in [0.1, 0.15) is 37.5 Å². The highest BCUT2D eigenvalue weighted by molar-refractivity contribution is 5.91. The minimum Gasteiger partial charge on any atom is -0.458 e. The van der Waals surface area contributed by atoms with E-state index >= 15 is 0 Å². The minimum atomic E-state index is -0.580. The third kappa shape index (κ3) is 6.29. The number of carbonyl (C=O) groups is 3. The topological polar surface area (TPSA) is 78.9 Å². The quantitative estimate of drug-likeness (QED) is 0.177. The molecule has 6 heteroatoms. The molecule has 0 amide bonds. The molecular formula is C34H32O6. The number of ether oxygens (including phenoxy) is 3. The number of hydrogen-bond acceptors (Lipinski definition) is 6. The largest absolute Gasteiger partial charge is 0.458 e. The molecule has 204 valence electrons. The normalized spacial score (nSPS) is 13.7. The summed E-state index contributed by atoms with van der Waals surface area (Å²) in [6.45, 7) is 17.7. The Bertz CT molecular complexity index is 1580. The van der Waals surface area contributed by atoms with Gasteiger partial charge in [0.1, 0.15) is 17.6 Å². The highest BCUT2D eigenvalue weighted by Gasteiger charge is 2.25. The van der Waals surface area contributed by atoms with Crippen LogP contribution in [0.4, 0.5) is 0 Å². The minimum absolute atomic E-state index is 0.184. The summed E-state index contributed by atoms with van der Waals surface area (Å²) in [7, 11) is 0. The molecule has 0 fully saturated rings. The lowest BCUT2D eigenvalue weighted by molar-refractivity contribution is -0.143. The Balaban J connectivity index is 1.63. The summed E-state index contributed by atoms with van der Waals surface area (Å²) in [5, 5.41) is 0. The van der Waals surface area contributed by atoms with E-state index in [0.717, 1.165) is 27.8 Å². The van der Waals surface area contributed by atoms with Crippen LogP contribution in [0.25, 0.3) is 22.3 Å². The van der Waals surface area contributed by atoms with Crippen molar-refractivity contribution in [3.05, 3.63) is 108 Å². The smallest absolute Gasteiger partial charge is 0.338 e. The molecular weight excluding hydrogens is 504 g/mol. The number of carbonyl (C=O) groups excluding carboxylic acids is 3. The molecule has 0 spiro atoms. The van der Waals surface area contributed by atoms with E-state index in [1.165, 1.54) is 11.6 Å².